The van der Waals surface area contributed by atoms with Crippen LogP contribution in [0.15, 0.2) is 41.7 Å². The number of sulfonamides is 1. The molecular formula is C11H10N6O7S. The van der Waals surface area contributed by atoms with Gasteiger partial charge in [-0.3, -0.25) is 19.9 Å². The fraction of sp³-hybridized carbons (Fsp3) is 0. The van der Waals surface area contributed by atoms with Crippen LogP contribution in [0.3, 0.4) is 0 Å². The average Bonchev–Trinajstić information content (AvgIpc) is 2.54. The molecule has 2 aromatic heterocycles. The monoisotopic (exact) mass is 370 g/mol. The van der Waals surface area contributed by atoms with Gasteiger partial charge in [0.2, 0.25) is 10.0 Å². The van der Waals surface area contributed by atoms with Crippen LogP contribution in [0.5, 0.6) is 0 Å². The molecule has 0 aliphatic rings. The van der Waals surface area contributed by atoms with E-state index in [4.69, 9.17) is 10.9 Å². The molecule has 0 unspecified atom stereocenters. The minimum atomic E-state index is -4.08. The van der Waals surface area contributed by atoms with Crippen LogP contribution in [0.25, 0.3) is 0 Å². The molecule has 0 saturated heterocycles. The summed E-state index contributed by atoms with van der Waals surface area (Å²) in [5.41, 5.74) is 4.12. The van der Waals surface area contributed by atoms with Crippen molar-refractivity contribution in [1.29, 1.82) is 0 Å². The van der Waals surface area contributed by atoms with Crippen LogP contribution in [0.2, 0.25) is 0 Å². The van der Waals surface area contributed by atoms with E-state index in [2.05, 4.69) is 9.97 Å². The smallest absolute Gasteiger partial charge is 0.365 e. The van der Waals surface area contributed by atoms with Crippen LogP contribution >= 0.6 is 0 Å². The van der Waals surface area contributed by atoms with Crippen molar-refractivity contribution >= 4 is 27.4 Å². The van der Waals surface area contributed by atoms with Crippen LogP contribution < -0.4 is 10.9 Å². The number of amides is 1. The Balaban J connectivity index is 0.000000251. The van der Waals surface area contributed by atoms with Crippen molar-refractivity contribution in [3.8, 4) is 0 Å². The molecule has 0 aromatic carbocycles. The summed E-state index contributed by atoms with van der Waals surface area (Å²) in [4.78, 5) is 35.9. The van der Waals surface area contributed by atoms with E-state index in [1.54, 1.807) is 0 Å². The van der Waals surface area contributed by atoms with E-state index in [0.717, 1.165) is 18.5 Å². The summed E-state index contributed by atoms with van der Waals surface area (Å²) in [6.07, 6.45) is 3.19. The normalized spacial score (nSPS) is 10.3. The number of nitrogens with zero attached hydrogens (tertiary/aromatic N) is 4. The number of rotatable bonds is 4. The molecule has 1 amide bonds. The number of primary sulfonamides is 1. The van der Waals surface area contributed by atoms with Gasteiger partial charge in [0.1, 0.15) is 11.8 Å². The predicted molar refractivity (Wildman–Crippen MR) is 81.7 cm³/mol. The standard InChI is InChI=1S/C6H5N3O3.C5H5N3O4S/c7-5(10)4-2-1-3-8-6(4)9(11)12;6-13(11,12)5-3-7-2-1-4(5)8(9)10/h1-3H,(H2,7,10);1-3H,(H2,6,11,12). The minimum Gasteiger partial charge on any atom is -0.365 e. The predicted octanol–water partition coefficient (Wildman–Crippen LogP) is -0.274. The summed E-state index contributed by atoms with van der Waals surface area (Å²) < 4.78 is 21.6. The van der Waals surface area contributed by atoms with Gasteiger partial charge in [-0.05, 0) is 22.0 Å². The number of carbonyl (C=O) groups is 1. The van der Waals surface area contributed by atoms with Crippen LogP contribution in [0.1, 0.15) is 10.4 Å². The number of primary amides is 1. The van der Waals surface area contributed by atoms with Crippen molar-refractivity contribution in [3.63, 3.8) is 0 Å². The highest BCUT2D eigenvalue weighted by atomic mass is 32.2. The number of nitrogens with two attached hydrogens (primary N) is 2. The van der Waals surface area contributed by atoms with Crippen molar-refractivity contribution in [2.75, 3.05) is 0 Å². The third kappa shape index (κ3) is 5.26. The summed E-state index contributed by atoms with van der Waals surface area (Å²) in [7, 11) is -4.08. The topological polar surface area (TPSA) is 215 Å². The first-order chi connectivity index (χ1) is 11.6. The maximum absolute atomic E-state index is 10.8. The highest BCUT2D eigenvalue weighted by Crippen LogP contribution is 2.19. The first-order valence-electron chi connectivity index (χ1n) is 6.06. The molecule has 132 valence electrons. The van der Waals surface area contributed by atoms with Gasteiger partial charge in [-0.15, -0.1) is 0 Å². The number of carbonyl (C=O) groups excluding carboxylic acids is 1. The summed E-state index contributed by atoms with van der Waals surface area (Å²) in [5, 5.41) is 25.3. The van der Waals surface area contributed by atoms with E-state index in [0.29, 0.717) is 0 Å². The molecule has 0 saturated carbocycles. The number of nitro groups is 2. The van der Waals surface area contributed by atoms with E-state index in [9.17, 15) is 33.4 Å². The number of hydrogen-bond acceptors (Lipinski definition) is 9. The van der Waals surface area contributed by atoms with Gasteiger partial charge in [-0.1, -0.05) is 0 Å². The molecule has 0 aliphatic carbocycles. The van der Waals surface area contributed by atoms with Gasteiger partial charge < -0.3 is 15.8 Å². The second kappa shape index (κ2) is 7.84. The maximum Gasteiger partial charge on any atom is 0.376 e. The van der Waals surface area contributed by atoms with Gasteiger partial charge in [0.05, 0.1) is 11.1 Å². The molecule has 14 heteroatoms. The molecule has 4 N–H and O–H groups in total. The summed E-state index contributed by atoms with van der Waals surface area (Å²) in [5.74, 6) is -1.36. The molecule has 0 bridgehead atoms. The third-order valence-corrected chi connectivity index (χ3v) is 3.42. The van der Waals surface area contributed by atoms with Gasteiger partial charge in [0, 0.05) is 12.3 Å². The second-order valence-corrected chi connectivity index (χ2v) is 5.67. The van der Waals surface area contributed by atoms with Crippen molar-refractivity contribution in [2.45, 2.75) is 4.90 Å². The molecule has 0 atom stereocenters. The van der Waals surface area contributed by atoms with E-state index in [1.807, 2.05) is 0 Å². The minimum absolute atomic E-state index is 0.178. The molecule has 2 aromatic rings. The maximum atomic E-state index is 10.8. The fourth-order valence-corrected chi connectivity index (χ4v) is 2.12. The van der Waals surface area contributed by atoms with Gasteiger partial charge in [-0.25, -0.2) is 13.6 Å². The molecule has 0 aliphatic heterocycles. The van der Waals surface area contributed by atoms with Crippen LogP contribution in [0.4, 0.5) is 11.5 Å². The van der Waals surface area contributed by atoms with Crippen molar-refractivity contribution < 1.29 is 23.1 Å². The van der Waals surface area contributed by atoms with Gasteiger partial charge >= 0.3 is 5.82 Å². The van der Waals surface area contributed by atoms with Crippen molar-refractivity contribution in [3.05, 3.63) is 62.6 Å². The molecule has 2 heterocycles. The Kier molecular flexibility index (Phi) is 6.13. The lowest BCUT2D eigenvalue weighted by atomic mass is 10.2. The Morgan fingerprint density at radius 3 is 2.16 bits per heavy atom. The van der Waals surface area contributed by atoms with Gasteiger partial charge in [0.15, 0.2) is 4.90 Å². The highest BCUT2D eigenvalue weighted by Gasteiger charge is 2.22. The molecule has 0 spiro atoms. The first kappa shape index (κ1) is 19.5. The molecule has 13 nitrogen and oxygen atoms in total. The third-order valence-electron chi connectivity index (χ3n) is 2.49. The summed E-state index contributed by atoms with van der Waals surface area (Å²) in [6.45, 7) is 0. The quantitative estimate of drug-likeness (QED) is 0.533. The lowest BCUT2D eigenvalue weighted by Gasteiger charge is -1.97. The van der Waals surface area contributed by atoms with E-state index < -0.39 is 42.2 Å². The zero-order valence-corrected chi connectivity index (χ0v) is 13.0. The summed E-state index contributed by atoms with van der Waals surface area (Å²) >= 11 is 0. The molecule has 0 fully saturated rings. The number of aromatic nitrogens is 2. The highest BCUT2D eigenvalue weighted by molar-refractivity contribution is 7.89. The molecular weight excluding hydrogens is 360 g/mol. The second-order valence-electron chi connectivity index (χ2n) is 4.14. The van der Waals surface area contributed by atoms with Gasteiger partial charge in [0.25, 0.3) is 11.6 Å². The lowest BCUT2D eigenvalue weighted by molar-refractivity contribution is -0.389. The van der Waals surface area contributed by atoms with Crippen molar-refractivity contribution in [1.82, 2.24) is 9.97 Å². The number of hydrogen-bond donors (Lipinski definition) is 2. The fourth-order valence-electron chi connectivity index (χ4n) is 1.48. The molecule has 2 rings (SSSR count). The van der Waals surface area contributed by atoms with E-state index in [-0.39, 0.29) is 5.56 Å². The van der Waals surface area contributed by atoms with Crippen molar-refractivity contribution in [2.24, 2.45) is 10.9 Å². The zero-order chi connectivity index (χ0) is 19.2. The number of pyridine rings is 2. The molecule has 25 heavy (non-hydrogen) atoms. The van der Waals surface area contributed by atoms with Crippen LogP contribution in [-0.4, -0.2) is 34.1 Å². The Morgan fingerprint density at radius 2 is 1.76 bits per heavy atom. The Labute approximate surface area is 139 Å². The van der Waals surface area contributed by atoms with E-state index >= 15 is 0 Å². The lowest BCUT2D eigenvalue weighted by Crippen LogP contribution is -2.14. The SMILES string of the molecule is NC(=O)c1cccnc1[N+](=O)[O-].NS(=O)(=O)c1cnccc1[N+](=O)[O-]. The summed E-state index contributed by atoms with van der Waals surface area (Å²) in [6, 6.07) is 3.64. The zero-order valence-electron chi connectivity index (χ0n) is 12.2. The first-order valence-corrected chi connectivity index (χ1v) is 7.60. The van der Waals surface area contributed by atoms with E-state index in [1.165, 1.54) is 18.3 Å². The van der Waals surface area contributed by atoms with Crippen LogP contribution in [0, 0.1) is 20.2 Å². The Morgan fingerprint density at radius 1 is 1.12 bits per heavy atom. The Hall–Kier alpha value is -3.52. The largest absolute Gasteiger partial charge is 0.376 e. The van der Waals surface area contributed by atoms with Crippen LogP contribution in [-0.2, 0) is 10.0 Å². The Bertz CT molecular complexity index is 897. The average molecular weight is 370 g/mol. The molecule has 0 radical (unpaired) electrons. The van der Waals surface area contributed by atoms with Gasteiger partial charge in [-0.2, -0.15) is 0 Å².